The van der Waals surface area contributed by atoms with Crippen molar-refractivity contribution in [1.82, 2.24) is 10.6 Å². The van der Waals surface area contributed by atoms with E-state index in [1.54, 1.807) is 0 Å². The first kappa shape index (κ1) is 12.4. The van der Waals surface area contributed by atoms with Crippen LogP contribution in [0.5, 0.6) is 0 Å². The van der Waals surface area contributed by atoms with Gasteiger partial charge in [-0.15, -0.1) is 0 Å². The van der Waals surface area contributed by atoms with E-state index in [0.29, 0.717) is 10.8 Å². The summed E-state index contributed by atoms with van der Waals surface area (Å²) >= 11 is 0. The molecule has 0 aromatic rings. The molecule has 1 saturated carbocycles. The molecule has 2 fully saturated rings. The third kappa shape index (κ3) is 2.78. The maximum absolute atomic E-state index is 3.76. The maximum atomic E-state index is 3.76. The van der Waals surface area contributed by atoms with Crippen LogP contribution in [-0.2, 0) is 0 Å². The Hall–Kier alpha value is -0.0800. The van der Waals surface area contributed by atoms with Gasteiger partial charge in [-0.25, -0.2) is 0 Å². The van der Waals surface area contributed by atoms with Crippen molar-refractivity contribution in [3.63, 3.8) is 0 Å². The van der Waals surface area contributed by atoms with Crippen molar-refractivity contribution in [2.75, 3.05) is 26.2 Å². The lowest BCUT2D eigenvalue weighted by atomic mass is 9.78. The van der Waals surface area contributed by atoms with E-state index in [1.165, 1.54) is 64.7 Å². The van der Waals surface area contributed by atoms with E-state index >= 15 is 0 Å². The molecule has 1 unspecified atom stereocenters. The number of nitrogens with one attached hydrogen (secondary N) is 2. The summed E-state index contributed by atoms with van der Waals surface area (Å²) in [6.45, 7) is 9.60. The second-order valence-corrected chi connectivity index (χ2v) is 6.09. The summed E-state index contributed by atoms with van der Waals surface area (Å²) in [5.74, 6) is 0. The fraction of sp³-hybridized carbons (Fsp3) is 1.00. The molecule has 2 N–H and O–H groups in total. The van der Waals surface area contributed by atoms with Crippen LogP contribution in [0.4, 0.5) is 0 Å². The zero-order valence-electron chi connectivity index (χ0n) is 11.1. The van der Waals surface area contributed by atoms with Crippen LogP contribution in [0.2, 0.25) is 0 Å². The van der Waals surface area contributed by atoms with Gasteiger partial charge in [0.1, 0.15) is 0 Å². The van der Waals surface area contributed by atoms with Crippen LogP contribution in [0.25, 0.3) is 0 Å². The Labute approximate surface area is 101 Å². The molecule has 2 nitrogen and oxygen atoms in total. The van der Waals surface area contributed by atoms with Gasteiger partial charge in [0.2, 0.25) is 0 Å². The van der Waals surface area contributed by atoms with Crippen molar-refractivity contribution in [3.05, 3.63) is 0 Å². The van der Waals surface area contributed by atoms with E-state index in [1.807, 2.05) is 0 Å². The lowest BCUT2D eigenvalue weighted by molar-refractivity contribution is 0.188. The largest absolute Gasteiger partial charge is 0.316 e. The monoisotopic (exact) mass is 224 g/mol. The lowest BCUT2D eigenvalue weighted by Crippen LogP contribution is -2.46. The summed E-state index contributed by atoms with van der Waals surface area (Å²) in [4.78, 5) is 0. The topological polar surface area (TPSA) is 24.1 Å². The average molecular weight is 224 g/mol. The normalized spacial score (nSPS) is 32.6. The highest BCUT2D eigenvalue weighted by Gasteiger charge is 2.40. The Morgan fingerprint density at radius 2 is 1.69 bits per heavy atom. The molecule has 0 aromatic carbocycles. The van der Waals surface area contributed by atoms with Gasteiger partial charge in [-0.1, -0.05) is 13.8 Å². The zero-order chi connectivity index (χ0) is 11.5. The molecule has 1 aliphatic heterocycles. The van der Waals surface area contributed by atoms with Gasteiger partial charge >= 0.3 is 0 Å². The lowest BCUT2D eigenvalue weighted by Gasteiger charge is -2.37. The van der Waals surface area contributed by atoms with Crippen LogP contribution < -0.4 is 10.6 Å². The van der Waals surface area contributed by atoms with Gasteiger partial charge in [-0.2, -0.15) is 0 Å². The van der Waals surface area contributed by atoms with Crippen LogP contribution in [0.3, 0.4) is 0 Å². The first-order valence-electron chi connectivity index (χ1n) is 7.16. The van der Waals surface area contributed by atoms with E-state index in [2.05, 4.69) is 24.5 Å². The van der Waals surface area contributed by atoms with Crippen molar-refractivity contribution in [1.29, 1.82) is 0 Å². The number of piperidine rings is 1. The van der Waals surface area contributed by atoms with Gasteiger partial charge in [0.05, 0.1) is 0 Å². The molecular formula is C14H28N2. The van der Waals surface area contributed by atoms with E-state index < -0.39 is 0 Å². The number of rotatable bonds is 6. The molecule has 94 valence electrons. The summed E-state index contributed by atoms with van der Waals surface area (Å²) in [6, 6.07) is 0. The second-order valence-electron chi connectivity index (χ2n) is 6.09. The first-order chi connectivity index (χ1) is 7.74. The van der Waals surface area contributed by atoms with Gasteiger partial charge in [-0.3, -0.25) is 0 Å². The smallest absolute Gasteiger partial charge is 0.00201 e. The Morgan fingerprint density at radius 1 is 1.00 bits per heavy atom. The van der Waals surface area contributed by atoms with Crippen molar-refractivity contribution < 1.29 is 0 Å². The molecule has 1 aliphatic carbocycles. The van der Waals surface area contributed by atoms with Gasteiger partial charge in [-0.05, 0) is 55.9 Å². The number of hydrogen-bond acceptors (Lipinski definition) is 2. The minimum atomic E-state index is 0.544. The second kappa shape index (κ2) is 5.05. The summed E-state index contributed by atoms with van der Waals surface area (Å²) in [5.41, 5.74) is 1.24. The molecule has 1 atom stereocenters. The summed E-state index contributed by atoms with van der Waals surface area (Å²) in [5, 5.41) is 7.32. The molecule has 1 saturated heterocycles. The fourth-order valence-corrected chi connectivity index (χ4v) is 3.03. The van der Waals surface area contributed by atoms with Crippen LogP contribution in [0.15, 0.2) is 0 Å². The average Bonchev–Trinajstić information content (AvgIpc) is 3.11. The SMILES string of the molecule is CCC1(CNCC2(CC)CCCNC2)CC1. The molecule has 1 heterocycles. The minimum Gasteiger partial charge on any atom is -0.316 e. The molecule has 0 spiro atoms. The van der Waals surface area contributed by atoms with Gasteiger partial charge in [0.15, 0.2) is 0 Å². The Morgan fingerprint density at radius 3 is 2.19 bits per heavy atom. The maximum Gasteiger partial charge on any atom is 0.00201 e. The van der Waals surface area contributed by atoms with E-state index in [-0.39, 0.29) is 0 Å². The Balaban J connectivity index is 1.74. The highest BCUT2D eigenvalue weighted by molar-refractivity contribution is 4.95. The van der Waals surface area contributed by atoms with Gasteiger partial charge in [0.25, 0.3) is 0 Å². The minimum absolute atomic E-state index is 0.544. The van der Waals surface area contributed by atoms with Gasteiger partial charge < -0.3 is 10.6 Å². The molecule has 2 heteroatoms. The highest BCUT2D eigenvalue weighted by atomic mass is 15.0. The van der Waals surface area contributed by atoms with Crippen molar-refractivity contribution in [2.24, 2.45) is 10.8 Å². The van der Waals surface area contributed by atoms with E-state index in [4.69, 9.17) is 0 Å². The van der Waals surface area contributed by atoms with Crippen molar-refractivity contribution >= 4 is 0 Å². The quantitative estimate of drug-likeness (QED) is 0.724. The third-order valence-corrected chi connectivity index (χ3v) is 5.02. The van der Waals surface area contributed by atoms with Crippen LogP contribution in [0, 0.1) is 10.8 Å². The predicted octanol–water partition coefficient (Wildman–Crippen LogP) is 2.55. The van der Waals surface area contributed by atoms with Gasteiger partial charge in [0, 0.05) is 19.6 Å². The standard InChI is InChI=1S/C14H28N2/c1-3-13(7-8-13)10-16-12-14(4-2)6-5-9-15-11-14/h15-16H,3-12H2,1-2H3. The summed E-state index contributed by atoms with van der Waals surface area (Å²) in [7, 11) is 0. The number of hydrogen-bond donors (Lipinski definition) is 2. The van der Waals surface area contributed by atoms with Crippen molar-refractivity contribution in [2.45, 2.75) is 52.4 Å². The van der Waals surface area contributed by atoms with E-state index in [0.717, 1.165) is 0 Å². The van der Waals surface area contributed by atoms with Crippen LogP contribution in [-0.4, -0.2) is 26.2 Å². The molecule has 16 heavy (non-hydrogen) atoms. The van der Waals surface area contributed by atoms with Crippen molar-refractivity contribution in [3.8, 4) is 0 Å². The summed E-state index contributed by atoms with van der Waals surface area (Å²) in [6.07, 6.45) is 8.34. The Bertz CT molecular complexity index is 215. The zero-order valence-corrected chi connectivity index (χ0v) is 11.1. The molecular weight excluding hydrogens is 196 g/mol. The Kier molecular flexibility index (Phi) is 3.91. The third-order valence-electron chi connectivity index (χ3n) is 5.02. The molecule has 0 radical (unpaired) electrons. The predicted molar refractivity (Wildman–Crippen MR) is 69.7 cm³/mol. The molecule has 2 aliphatic rings. The fourth-order valence-electron chi connectivity index (χ4n) is 3.03. The summed E-state index contributed by atoms with van der Waals surface area (Å²) < 4.78 is 0. The van der Waals surface area contributed by atoms with Crippen LogP contribution in [0.1, 0.15) is 52.4 Å². The first-order valence-corrected chi connectivity index (χ1v) is 7.16. The molecule has 0 bridgehead atoms. The molecule has 0 amide bonds. The molecule has 0 aromatic heterocycles. The van der Waals surface area contributed by atoms with E-state index in [9.17, 15) is 0 Å². The highest BCUT2D eigenvalue weighted by Crippen LogP contribution is 2.48. The van der Waals surface area contributed by atoms with Crippen LogP contribution >= 0.6 is 0 Å². The molecule has 2 rings (SSSR count).